The monoisotopic (exact) mass is 520 g/mol. The molecule has 0 saturated carbocycles. The highest BCUT2D eigenvalue weighted by Crippen LogP contribution is 2.37. The average molecular weight is 521 g/mol. The van der Waals surface area contributed by atoms with Crippen LogP contribution in [0, 0.1) is 0 Å². The molecule has 198 valence electrons. The number of carbonyl (C=O) groups is 1. The van der Waals surface area contributed by atoms with E-state index in [0.717, 1.165) is 30.6 Å². The Kier molecular flexibility index (Phi) is 9.95. The number of ether oxygens (including phenoxy) is 2. The molecule has 5 nitrogen and oxygen atoms in total. The first-order chi connectivity index (χ1) is 17.5. The molecule has 0 aliphatic heterocycles. The minimum absolute atomic E-state index is 0.0670. The Hall–Kier alpha value is -3.09. The molecule has 6 heteroatoms. The van der Waals surface area contributed by atoms with E-state index in [1.165, 1.54) is 5.56 Å². The summed E-state index contributed by atoms with van der Waals surface area (Å²) in [5.74, 6) is 1.09. The largest absolute Gasteiger partial charge is 0.485 e. The molecule has 1 N–H and O–H groups in total. The van der Waals surface area contributed by atoms with Crippen LogP contribution in [0.4, 0.5) is 0 Å². The van der Waals surface area contributed by atoms with E-state index in [0.29, 0.717) is 30.3 Å². The summed E-state index contributed by atoms with van der Waals surface area (Å²) in [7, 11) is -1.71. The second-order valence-electron chi connectivity index (χ2n) is 10.9. The summed E-state index contributed by atoms with van der Waals surface area (Å²) in [6.45, 7) is 12.6. The highest BCUT2D eigenvalue weighted by molar-refractivity contribution is 6.74. The number of benzene rings is 3. The first-order valence-electron chi connectivity index (χ1n) is 13.0. The second kappa shape index (κ2) is 12.9. The summed E-state index contributed by atoms with van der Waals surface area (Å²) in [6.07, 6.45) is 2.43. The summed E-state index contributed by atoms with van der Waals surface area (Å²) in [4.78, 5) is 11.0. The minimum Gasteiger partial charge on any atom is -0.485 e. The van der Waals surface area contributed by atoms with Crippen LogP contribution in [0.25, 0.3) is 0 Å². The summed E-state index contributed by atoms with van der Waals surface area (Å²) in [6, 6.07) is 23.7. The maximum absolute atomic E-state index is 11.0. The van der Waals surface area contributed by atoms with E-state index in [4.69, 9.17) is 19.0 Å². The smallest absolute Gasteiger partial charge is 0.303 e. The third kappa shape index (κ3) is 9.06. The molecular weight excluding hydrogens is 480 g/mol. The Balaban J connectivity index is 1.63. The molecule has 3 aromatic carbocycles. The molecule has 0 unspecified atom stereocenters. The molecule has 37 heavy (non-hydrogen) atoms. The zero-order valence-electron chi connectivity index (χ0n) is 22.8. The van der Waals surface area contributed by atoms with Crippen molar-refractivity contribution in [3.8, 4) is 17.2 Å². The molecular formula is C31H40O5Si. The molecule has 0 amide bonds. The van der Waals surface area contributed by atoms with E-state index in [2.05, 4.69) is 46.0 Å². The van der Waals surface area contributed by atoms with Gasteiger partial charge in [-0.1, -0.05) is 69.3 Å². The van der Waals surface area contributed by atoms with Gasteiger partial charge in [0.25, 0.3) is 0 Å². The van der Waals surface area contributed by atoms with E-state index in [1.54, 1.807) is 0 Å². The minimum atomic E-state index is -1.71. The summed E-state index contributed by atoms with van der Waals surface area (Å²) in [5.41, 5.74) is 3.19. The first-order valence-corrected chi connectivity index (χ1v) is 15.9. The van der Waals surface area contributed by atoms with Crippen LogP contribution in [0.2, 0.25) is 18.1 Å². The van der Waals surface area contributed by atoms with Crippen molar-refractivity contribution in [2.75, 3.05) is 6.61 Å². The Morgan fingerprint density at radius 3 is 2.16 bits per heavy atom. The van der Waals surface area contributed by atoms with Crippen molar-refractivity contribution in [2.45, 2.75) is 71.2 Å². The Labute approximate surface area is 222 Å². The Morgan fingerprint density at radius 2 is 1.51 bits per heavy atom. The van der Waals surface area contributed by atoms with Crippen molar-refractivity contribution in [2.24, 2.45) is 0 Å². The van der Waals surface area contributed by atoms with Crippen LogP contribution in [-0.4, -0.2) is 26.0 Å². The van der Waals surface area contributed by atoms with E-state index in [-0.39, 0.29) is 11.5 Å². The lowest BCUT2D eigenvalue weighted by Crippen LogP contribution is -2.41. The van der Waals surface area contributed by atoms with Gasteiger partial charge in [-0.25, -0.2) is 0 Å². The van der Waals surface area contributed by atoms with Gasteiger partial charge in [0.1, 0.15) is 12.4 Å². The van der Waals surface area contributed by atoms with Crippen LogP contribution in [0.3, 0.4) is 0 Å². The molecule has 0 aromatic heterocycles. The molecule has 0 aliphatic carbocycles. The molecule has 0 fully saturated rings. The van der Waals surface area contributed by atoms with Crippen LogP contribution in [0.15, 0.2) is 72.8 Å². The lowest BCUT2D eigenvalue weighted by Gasteiger charge is -2.36. The summed E-state index contributed by atoms with van der Waals surface area (Å²) in [5, 5.41) is 9.28. The van der Waals surface area contributed by atoms with Crippen molar-refractivity contribution in [3.05, 3.63) is 89.5 Å². The maximum Gasteiger partial charge on any atom is 0.303 e. The van der Waals surface area contributed by atoms with E-state index < -0.39 is 14.3 Å². The number of hydrogen-bond donors (Lipinski definition) is 1. The van der Waals surface area contributed by atoms with Crippen LogP contribution in [0.1, 0.15) is 50.3 Å². The molecule has 0 aliphatic rings. The van der Waals surface area contributed by atoms with Gasteiger partial charge in [0.2, 0.25) is 0 Å². The predicted octanol–water partition coefficient (Wildman–Crippen LogP) is 8.03. The standard InChI is InChI=1S/C31H40O5Si/c1-31(2,3)37(4,5)35-21-9-12-24-13-17-27(18-14-24)36-29-22-25(16-20-30(32)33)15-19-28(29)34-23-26-10-7-6-8-11-26/h6-8,10-11,13-15,17-19,22H,9,12,16,20-21,23H2,1-5H3,(H,32,33). The van der Waals surface area contributed by atoms with E-state index >= 15 is 0 Å². The van der Waals surface area contributed by atoms with E-state index in [9.17, 15) is 4.79 Å². The molecule has 3 aromatic rings. The molecule has 0 heterocycles. The van der Waals surface area contributed by atoms with Gasteiger partial charge in [-0.15, -0.1) is 0 Å². The predicted molar refractivity (Wildman–Crippen MR) is 151 cm³/mol. The Bertz CT molecular complexity index is 1130. The van der Waals surface area contributed by atoms with Gasteiger partial charge in [-0.05, 0) is 78.4 Å². The van der Waals surface area contributed by atoms with Gasteiger partial charge >= 0.3 is 5.97 Å². The second-order valence-corrected chi connectivity index (χ2v) is 15.7. The van der Waals surface area contributed by atoms with Gasteiger partial charge in [-0.2, -0.15) is 0 Å². The topological polar surface area (TPSA) is 65.0 Å². The molecule has 0 radical (unpaired) electrons. The zero-order valence-corrected chi connectivity index (χ0v) is 23.8. The number of carboxylic acid groups (broad SMARTS) is 1. The maximum atomic E-state index is 11.0. The van der Waals surface area contributed by atoms with Crippen molar-refractivity contribution < 1.29 is 23.8 Å². The quantitative estimate of drug-likeness (QED) is 0.183. The fourth-order valence-corrected chi connectivity index (χ4v) is 4.65. The van der Waals surface area contributed by atoms with Gasteiger partial charge in [-0.3, -0.25) is 4.79 Å². The fourth-order valence-electron chi connectivity index (χ4n) is 3.56. The zero-order chi connectivity index (χ0) is 26.9. The fraction of sp³-hybridized carbons (Fsp3) is 0.387. The number of aryl methyl sites for hydroxylation is 2. The average Bonchev–Trinajstić information content (AvgIpc) is 2.85. The van der Waals surface area contributed by atoms with Crippen molar-refractivity contribution in [3.63, 3.8) is 0 Å². The van der Waals surface area contributed by atoms with Crippen molar-refractivity contribution in [1.82, 2.24) is 0 Å². The molecule has 0 spiro atoms. The highest BCUT2D eigenvalue weighted by atomic mass is 28.4. The first kappa shape index (κ1) is 28.5. The highest BCUT2D eigenvalue weighted by Gasteiger charge is 2.36. The number of aliphatic carboxylic acids is 1. The van der Waals surface area contributed by atoms with Crippen LogP contribution < -0.4 is 9.47 Å². The molecule has 0 atom stereocenters. The number of carboxylic acids is 1. The van der Waals surface area contributed by atoms with Crippen LogP contribution >= 0.6 is 0 Å². The SMILES string of the molecule is CC(C)(C)[Si](C)(C)OCCCc1ccc(Oc2cc(CCC(=O)O)ccc2OCc2ccccc2)cc1. The van der Waals surface area contributed by atoms with Crippen LogP contribution in [0.5, 0.6) is 17.2 Å². The van der Waals surface area contributed by atoms with Gasteiger partial charge in [0.05, 0.1) is 0 Å². The lowest BCUT2D eigenvalue weighted by atomic mass is 10.1. The molecule has 0 saturated heterocycles. The molecule has 3 rings (SSSR count). The summed E-state index contributed by atoms with van der Waals surface area (Å²) < 4.78 is 18.6. The normalized spacial score (nSPS) is 11.8. The number of hydrogen-bond acceptors (Lipinski definition) is 4. The number of rotatable bonds is 13. The van der Waals surface area contributed by atoms with Gasteiger partial charge in [0, 0.05) is 13.0 Å². The van der Waals surface area contributed by atoms with Crippen molar-refractivity contribution >= 4 is 14.3 Å². The lowest BCUT2D eigenvalue weighted by molar-refractivity contribution is -0.136. The third-order valence-electron chi connectivity index (χ3n) is 6.90. The molecule has 0 bridgehead atoms. The van der Waals surface area contributed by atoms with E-state index in [1.807, 2.05) is 60.7 Å². The van der Waals surface area contributed by atoms with Crippen molar-refractivity contribution in [1.29, 1.82) is 0 Å². The van der Waals surface area contributed by atoms with Crippen LogP contribution in [-0.2, 0) is 28.7 Å². The Morgan fingerprint density at radius 1 is 0.838 bits per heavy atom. The van der Waals surface area contributed by atoms with Gasteiger partial charge < -0.3 is 19.0 Å². The third-order valence-corrected chi connectivity index (χ3v) is 11.4. The van der Waals surface area contributed by atoms with Gasteiger partial charge in [0.15, 0.2) is 19.8 Å². The summed E-state index contributed by atoms with van der Waals surface area (Å²) >= 11 is 0.